The minimum atomic E-state index is -3.27. The van der Waals surface area contributed by atoms with Crippen LogP contribution < -0.4 is 10.1 Å². The largest absolute Gasteiger partial charge is 0.497 e. The van der Waals surface area contributed by atoms with E-state index in [0.717, 1.165) is 18.6 Å². The molecule has 1 N–H and O–H groups in total. The number of ether oxygens (including phenoxy) is 1. The van der Waals surface area contributed by atoms with Gasteiger partial charge in [0.1, 0.15) is 16.5 Å². The highest BCUT2D eigenvalue weighted by Gasteiger charge is 2.13. The van der Waals surface area contributed by atoms with Crippen molar-refractivity contribution in [2.75, 3.05) is 25.2 Å². The monoisotopic (exact) mass is 320 g/mol. The molecule has 2 aromatic rings. The molecule has 0 saturated heterocycles. The summed E-state index contributed by atoms with van der Waals surface area (Å²) in [5.74, 6) is 1.26. The van der Waals surface area contributed by atoms with E-state index in [4.69, 9.17) is 4.74 Å². The van der Waals surface area contributed by atoms with Crippen LogP contribution in [-0.2, 0) is 16.3 Å². The summed E-state index contributed by atoms with van der Waals surface area (Å²) >= 11 is 0. The van der Waals surface area contributed by atoms with Crippen LogP contribution in [0.2, 0.25) is 0 Å². The Labute approximate surface area is 131 Å². The van der Waals surface area contributed by atoms with Crippen LogP contribution in [0.15, 0.2) is 47.5 Å². The standard InChI is InChI=1S/C16H20N2O3S/c1-21-14-9-7-13(8-10-14)5-3-11-17-16-15(22(2,19)20)6-4-12-18-16/h4,6-10,12H,3,5,11H2,1-2H3,(H,17,18). The number of nitrogens with one attached hydrogen (secondary N) is 1. The predicted octanol–water partition coefficient (Wildman–Crippen LogP) is 2.54. The van der Waals surface area contributed by atoms with Crippen LogP contribution in [0.3, 0.4) is 0 Å². The Bertz CT molecular complexity index is 712. The van der Waals surface area contributed by atoms with Gasteiger partial charge in [0.2, 0.25) is 0 Å². The molecule has 22 heavy (non-hydrogen) atoms. The third-order valence-electron chi connectivity index (χ3n) is 3.26. The lowest BCUT2D eigenvalue weighted by Gasteiger charge is -2.09. The molecule has 0 fully saturated rings. The van der Waals surface area contributed by atoms with Crippen molar-refractivity contribution in [3.05, 3.63) is 48.2 Å². The fourth-order valence-electron chi connectivity index (χ4n) is 2.11. The SMILES string of the molecule is COc1ccc(CCCNc2ncccc2S(C)(=O)=O)cc1. The zero-order chi connectivity index (χ0) is 16.0. The van der Waals surface area contributed by atoms with Crippen LogP contribution in [0.5, 0.6) is 5.75 Å². The molecule has 2 rings (SSSR count). The van der Waals surface area contributed by atoms with E-state index in [0.29, 0.717) is 12.4 Å². The second-order valence-corrected chi connectivity index (χ2v) is 6.98. The molecule has 0 amide bonds. The van der Waals surface area contributed by atoms with Crippen molar-refractivity contribution in [3.8, 4) is 5.75 Å². The van der Waals surface area contributed by atoms with Gasteiger partial charge in [0.15, 0.2) is 9.84 Å². The molecule has 118 valence electrons. The van der Waals surface area contributed by atoms with Gasteiger partial charge in [0, 0.05) is 19.0 Å². The molecule has 0 aliphatic heterocycles. The van der Waals surface area contributed by atoms with Crippen molar-refractivity contribution in [3.63, 3.8) is 0 Å². The zero-order valence-corrected chi connectivity index (χ0v) is 13.6. The predicted molar refractivity (Wildman–Crippen MR) is 87.2 cm³/mol. The van der Waals surface area contributed by atoms with Crippen LogP contribution >= 0.6 is 0 Å². The second-order valence-electron chi connectivity index (χ2n) is 5.00. The average molecular weight is 320 g/mol. The zero-order valence-electron chi connectivity index (χ0n) is 12.7. The number of hydrogen-bond acceptors (Lipinski definition) is 5. The summed E-state index contributed by atoms with van der Waals surface area (Å²) in [5, 5.41) is 3.10. The Hall–Kier alpha value is -2.08. The molecule has 0 aliphatic carbocycles. The van der Waals surface area contributed by atoms with Crippen molar-refractivity contribution in [1.82, 2.24) is 4.98 Å². The number of anilines is 1. The van der Waals surface area contributed by atoms with Crippen LogP contribution in [0.4, 0.5) is 5.82 Å². The molecule has 0 spiro atoms. The lowest BCUT2D eigenvalue weighted by atomic mass is 10.1. The Balaban J connectivity index is 1.89. The van der Waals surface area contributed by atoms with Crippen LogP contribution in [0.25, 0.3) is 0 Å². The Morgan fingerprint density at radius 1 is 1.18 bits per heavy atom. The van der Waals surface area contributed by atoms with Crippen molar-refractivity contribution in [2.24, 2.45) is 0 Å². The molecule has 6 heteroatoms. The number of hydrogen-bond donors (Lipinski definition) is 1. The normalized spacial score (nSPS) is 11.2. The van der Waals surface area contributed by atoms with Gasteiger partial charge in [-0.2, -0.15) is 0 Å². The van der Waals surface area contributed by atoms with E-state index in [9.17, 15) is 8.42 Å². The first-order valence-corrected chi connectivity index (χ1v) is 8.92. The molecular weight excluding hydrogens is 300 g/mol. The molecule has 1 aromatic carbocycles. The fraction of sp³-hybridized carbons (Fsp3) is 0.312. The Morgan fingerprint density at radius 3 is 2.55 bits per heavy atom. The summed E-state index contributed by atoms with van der Waals surface area (Å²) in [7, 11) is -1.63. The number of pyridine rings is 1. The highest BCUT2D eigenvalue weighted by atomic mass is 32.2. The molecular formula is C16H20N2O3S. The Kier molecular flexibility index (Phi) is 5.38. The molecule has 0 saturated carbocycles. The molecule has 1 heterocycles. The van der Waals surface area contributed by atoms with Gasteiger partial charge in [0.25, 0.3) is 0 Å². The van der Waals surface area contributed by atoms with Crippen LogP contribution in [-0.4, -0.2) is 33.3 Å². The maximum Gasteiger partial charge on any atom is 0.179 e. The van der Waals surface area contributed by atoms with Crippen LogP contribution in [0.1, 0.15) is 12.0 Å². The number of aryl methyl sites for hydroxylation is 1. The molecule has 0 radical (unpaired) electrons. The summed E-state index contributed by atoms with van der Waals surface area (Å²) in [6.45, 7) is 0.658. The van der Waals surface area contributed by atoms with Gasteiger partial charge in [-0.25, -0.2) is 13.4 Å². The third kappa shape index (κ3) is 4.46. The van der Waals surface area contributed by atoms with Gasteiger partial charge >= 0.3 is 0 Å². The molecule has 0 bridgehead atoms. The van der Waals surface area contributed by atoms with E-state index >= 15 is 0 Å². The van der Waals surface area contributed by atoms with Gasteiger partial charge in [-0.1, -0.05) is 12.1 Å². The maximum atomic E-state index is 11.7. The van der Waals surface area contributed by atoms with Crippen molar-refractivity contribution in [1.29, 1.82) is 0 Å². The van der Waals surface area contributed by atoms with E-state index in [-0.39, 0.29) is 4.90 Å². The van der Waals surface area contributed by atoms with Crippen molar-refractivity contribution < 1.29 is 13.2 Å². The number of nitrogens with zero attached hydrogens (tertiary/aromatic N) is 1. The van der Waals surface area contributed by atoms with E-state index in [2.05, 4.69) is 10.3 Å². The second kappa shape index (κ2) is 7.26. The molecule has 5 nitrogen and oxygen atoms in total. The lowest BCUT2D eigenvalue weighted by Crippen LogP contribution is -2.09. The van der Waals surface area contributed by atoms with Gasteiger partial charge in [-0.3, -0.25) is 0 Å². The van der Waals surface area contributed by atoms with Gasteiger partial charge < -0.3 is 10.1 Å². The first kappa shape index (κ1) is 16.3. The van der Waals surface area contributed by atoms with E-state index in [1.165, 1.54) is 11.8 Å². The summed E-state index contributed by atoms with van der Waals surface area (Å²) in [6, 6.07) is 11.1. The number of rotatable bonds is 7. The van der Waals surface area contributed by atoms with Gasteiger partial charge in [0.05, 0.1) is 7.11 Å². The van der Waals surface area contributed by atoms with Crippen molar-refractivity contribution >= 4 is 15.7 Å². The highest BCUT2D eigenvalue weighted by Crippen LogP contribution is 2.18. The number of aromatic nitrogens is 1. The van der Waals surface area contributed by atoms with E-state index in [1.807, 2.05) is 24.3 Å². The molecule has 0 aliphatic rings. The fourth-order valence-corrected chi connectivity index (χ4v) is 2.92. The smallest absolute Gasteiger partial charge is 0.179 e. The van der Waals surface area contributed by atoms with Gasteiger partial charge in [-0.05, 0) is 42.7 Å². The average Bonchev–Trinajstić information content (AvgIpc) is 2.51. The quantitative estimate of drug-likeness (QED) is 0.794. The van der Waals surface area contributed by atoms with Crippen molar-refractivity contribution in [2.45, 2.75) is 17.7 Å². The molecule has 0 atom stereocenters. The number of sulfone groups is 1. The summed E-state index contributed by atoms with van der Waals surface area (Å²) in [6.07, 6.45) is 4.55. The lowest BCUT2D eigenvalue weighted by molar-refractivity contribution is 0.414. The number of benzene rings is 1. The van der Waals surface area contributed by atoms with Crippen LogP contribution in [0, 0.1) is 0 Å². The van der Waals surface area contributed by atoms with Gasteiger partial charge in [-0.15, -0.1) is 0 Å². The third-order valence-corrected chi connectivity index (χ3v) is 4.39. The van der Waals surface area contributed by atoms with E-state index in [1.54, 1.807) is 25.4 Å². The first-order chi connectivity index (χ1) is 10.5. The van der Waals surface area contributed by atoms with E-state index < -0.39 is 9.84 Å². The summed E-state index contributed by atoms with van der Waals surface area (Å²) < 4.78 is 28.5. The minimum absolute atomic E-state index is 0.236. The molecule has 1 aromatic heterocycles. The Morgan fingerprint density at radius 2 is 1.91 bits per heavy atom. The highest BCUT2D eigenvalue weighted by molar-refractivity contribution is 7.90. The number of methoxy groups -OCH3 is 1. The topological polar surface area (TPSA) is 68.3 Å². The first-order valence-electron chi connectivity index (χ1n) is 7.02. The summed E-state index contributed by atoms with van der Waals surface area (Å²) in [4.78, 5) is 4.34. The maximum absolute atomic E-state index is 11.7. The minimum Gasteiger partial charge on any atom is -0.497 e. The molecule has 0 unspecified atom stereocenters. The summed E-state index contributed by atoms with van der Waals surface area (Å²) in [5.41, 5.74) is 1.21.